The van der Waals surface area contributed by atoms with Gasteiger partial charge >= 0.3 is 0 Å². The Morgan fingerprint density at radius 2 is 1.94 bits per heavy atom. The van der Waals surface area contributed by atoms with Gasteiger partial charge in [-0.1, -0.05) is 44.5 Å². The van der Waals surface area contributed by atoms with E-state index in [1.807, 2.05) is 6.07 Å². The van der Waals surface area contributed by atoms with E-state index in [4.69, 9.17) is 17.3 Å². The Morgan fingerprint density at radius 3 is 2.59 bits per heavy atom. The average Bonchev–Trinajstić information content (AvgIpc) is 2.18. The molecule has 2 N–H and O–H groups in total. The third-order valence-electron chi connectivity index (χ3n) is 2.60. The number of pyridine rings is 1. The highest BCUT2D eigenvalue weighted by Gasteiger charge is 2.12. The van der Waals surface area contributed by atoms with Crippen molar-refractivity contribution in [2.24, 2.45) is 5.41 Å². The molecule has 0 amide bonds. The maximum Gasteiger partial charge on any atom is 0.142 e. The second-order valence-corrected chi connectivity index (χ2v) is 6.03. The van der Waals surface area contributed by atoms with Crippen molar-refractivity contribution in [3.05, 3.63) is 34.9 Å². The normalized spacial score (nSPS) is 12.0. The molecule has 0 unspecified atom stereocenters. The number of halogens is 1. The largest absolute Gasteiger partial charge is 0.382 e. The van der Waals surface area contributed by atoms with Crippen molar-refractivity contribution in [1.82, 2.24) is 4.98 Å². The van der Waals surface area contributed by atoms with Gasteiger partial charge in [0.05, 0.1) is 10.5 Å². The number of nitrogens with zero attached hydrogens (tertiary/aromatic N) is 1. The van der Waals surface area contributed by atoms with Gasteiger partial charge in [-0.25, -0.2) is 4.98 Å². The third kappa shape index (κ3) is 2.89. The number of benzene rings is 1. The van der Waals surface area contributed by atoms with Crippen molar-refractivity contribution in [2.75, 3.05) is 5.73 Å². The van der Waals surface area contributed by atoms with Gasteiger partial charge in [0.2, 0.25) is 0 Å². The van der Waals surface area contributed by atoms with Crippen LogP contribution in [-0.4, -0.2) is 4.98 Å². The second-order valence-electron chi connectivity index (χ2n) is 5.62. The van der Waals surface area contributed by atoms with Gasteiger partial charge in [-0.3, -0.25) is 0 Å². The zero-order chi connectivity index (χ0) is 12.6. The van der Waals surface area contributed by atoms with Crippen molar-refractivity contribution < 1.29 is 0 Å². The number of anilines is 1. The lowest BCUT2D eigenvalue weighted by Gasteiger charge is -2.18. The molecule has 17 heavy (non-hydrogen) atoms. The Balaban J connectivity index is 2.47. The first kappa shape index (κ1) is 12.2. The predicted molar refractivity (Wildman–Crippen MR) is 74.3 cm³/mol. The first-order valence-electron chi connectivity index (χ1n) is 5.70. The molecule has 0 saturated carbocycles. The molecule has 1 aromatic heterocycles. The van der Waals surface area contributed by atoms with E-state index in [1.165, 1.54) is 5.56 Å². The van der Waals surface area contributed by atoms with E-state index >= 15 is 0 Å². The fraction of sp³-hybridized carbons (Fsp3) is 0.357. The minimum Gasteiger partial charge on any atom is -0.382 e. The molecule has 0 fully saturated rings. The molecular weight excluding hydrogens is 232 g/mol. The van der Waals surface area contributed by atoms with Crippen LogP contribution in [0.5, 0.6) is 0 Å². The summed E-state index contributed by atoms with van der Waals surface area (Å²) in [5.41, 5.74) is 8.18. The topological polar surface area (TPSA) is 38.9 Å². The Hall–Kier alpha value is -1.28. The van der Waals surface area contributed by atoms with Crippen molar-refractivity contribution in [3.63, 3.8) is 0 Å². The predicted octanol–water partition coefficient (Wildman–Crippen LogP) is 4.06. The SMILES string of the molecule is CC(C)(C)Cc1ccc2cc(Cl)c(N)nc2c1. The Bertz CT molecular complexity index is 556. The van der Waals surface area contributed by atoms with Crippen LogP contribution in [-0.2, 0) is 6.42 Å². The molecule has 0 saturated heterocycles. The molecule has 0 bridgehead atoms. The molecular formula is C14H17ClN2. The van der Waals surface area contributed by atoms with E-state index in [2.05, 4.69) is 44.0 Å². The van der Waals surface area contributed by atoms with Crippen molar-refractivity contribution in [2.45, 2.75) is 27.2 Å². The lowest BCUT2D eigenvalue weighted by Crippen LogP contribution is -2.09. The Morgan fingerprint density at radius 1 is 1.24 bits per heavy atom. The standard InChI is InChI=1S/C14H17ClN2/c1-14(2,3)8-9-4-5-10-7-11(15)13(16)17-12(10)6-9/h4-7H,8H2,1-3H3,(H2,16,17). The number of hydrogen-bond donors (Lipinski definition) is 1. The third-order valence-corrected chi connectivity index (χ3v) is 2.90. The summed E-state index contributed by atoms with van der Waals surface area (Å²) in [6, 6.07) is 8.13. The van der Waals surface area contributed by atoms with Crippen LogP contribution in [0.25, 0.3) is 10.9 Å². The van der Waals surface area contributed by atoms with Crippen LogP contribution in [0.2, 0.25) is 5.02 Å². The lowest BCUT2D eigenvalue weighted by atomic mass is 9.88. The number of aromatic nitrogens is 1. The van der Waals surface area contributed by atoms with Gasteiger partial charge in [0.1, 0.15) is 5.82 Å². The number of rotatable bonds is 1. The Labute approximate surface area is 107 Å². The van der Waals surface area contributed by atoms with Crippen LogP contribution in [0, 0.1) is 5.41 Å². The number of fused-ring (bicyclic) bond motifs is 1. The van der Waals surface area contributed by atoms with E-state index in [9.17, 15) is 0 Å². The van der Waals surface area contributed by atoms with Crippen molar-refractivity contribution >= 4 is 28.3 Å². The van der Waals surface area contributed by atoms with Gasteiger partial charge in [0.25, 0.3) is 0 Å². The quantitative estimate of drug-likeness (QED) is 0.827. The molecule has 0 atom stereocenters. The smallest absolute Gasteiger partial charge is 0.142 e. The molecule has 2 nitrogen and oxygen atoms in total. The number of nitrogens with two attached hydrogens (primary N) is 1. The first-order chi connectivity index (χ1) is 7.85. The molecule has 0 radical (unpaired) electrons. The zero-order valence-corrected chi connectivity index (χ0v) is 11.2. The van der Waals surface area contributed by atoms with Crippen LogP contribution in [0.15, 0.2) is 24.3 Å². The summed E-state index contributed by atoms with van der Waals surface area (Å²) in [5.74, 6) is 0.395. The second kappa shape index (κ2) is 4.19. The maximum atomic E-state index is 5.95. The highest BCUT2D eigenvalue weighted by molar-refractivity contribution is 6.33. The van der Waals surface area contributed by atoms with E-state index in [0.717, 1.165) is 17.3 Å². The molecule has 3 heteroatoms. The van der Waals surface area contributed by atoms with Crippen molar-refractivity contribution in [1.29, 1.82) is 0 Å². The van der Waals surface area contributed by atoms with E-state index < -0.39 is 0 Å². The lowest BCUT2D eigenvalue weighted by molar-refractivity contribution is 0.411. The minimum absolute atomic E-state index is 0.269. The number of nitrogen functional groups attached to an aromatic ring is 1. The van der Waals surface area contributed by atoms with Gasteiger partial charge in [-0.05, 0) is 29.5 Å². The maximum absolute atomic E-state index is 5.95. The van der Waals surface area contributed by atoms with Gasteiger partial charge in [0.15, 0.2) is 0 Å². The molecule has 2 aromatic rings. The van der Waals surface area contributed by atoms with Crippen LogP contribution in [0.4, 0.5) is 5.82 Å². The fourth-order valence-corrected chi connectivity index (χ4v) is 2.08. The van der Waals surface area contributed by atoms with E-state index in [-0.39, 0.29) is 5.41 Å². The van der Waals surface area contributed by atoms with E-state index in [0.29, 0.717) is 10.8 Å². The average molecular weight is 249 g/mol. The molecule has 90 valence electrons. The van der Waals surface area contributed by atoms with Gasteiger partial charge < -0.3 is 5.73 Å². The van der Waals surface area contributed by atoms with Crippen LogP contribution in [0.1, 0.15) is 26.3 Å². The Kier molecular flexibility index (Phi) is 3.00. The molecule has 0 spiro atoms. The summed E-state index contributed by atoms with van der Waals surface area (Å²) in [7, 11) is 0. The summed E-state index contributed by atoms with van der Waals surface area (Å²) in [6.45, 7) is 6.67. The molecule has 1 heterocycles. The van der Waals surface area contributed by atoms with Crippen molar-refractivity contribution in [3.8, 4) is 0 Å². The van der Waals surface area contributed by atoms with Gasteiger partial charge in [-0.2, -0.15) is 0 Å². The summed E-state index contributed by atoms with van der Waals surface area (Å²) in [6.07, 6.45) is 1.02. The highest BCUT2D eigenvalue weighted by Crippen LogP contribution is 2.26. The van der Waals surface area contributed by atoms with E-state index in [1.54, 1.807) is 0 Å². The number of hydrogen-bond acceptors (Lipinski definition) is 2. The molecule has 0 aliphatic rings. The van der Waals surface area contributed by atoms with Gasteiger partial charge in [0, 0.05) is 5.39 Å². The monoisotopic (exact) mass is 248 g/mol. The van der Waals surface area contributed by atoms with Crippen LogP contribution >= 0.6 is 11.6 Å². The van der Waals surface area contributed by atoms with Crippen LogP contribution in [0.3, 0.4) is 0 Å². The summed E-state index contributed by atoms with van der Waals surface area (Å²) < 4.78 is 0. The summed E-state index contributed by atoms with van der Waals surface area (Å²) in [4.78, 5) is 4.31. The minimum atomic E-state index is 0.269. The molecule has 0 aliphatic heterocycles. The molecule has 0 aliphatic carbocycles. The highest BCUT2D eigenvalue weighted by atomic mass is 35.5. The molecule has 2 rings (SSSR count). The first-order valence-corrected chi connectivity index (χ1v) is 6.08. The van der Waals surface area contributed by atoms with Gasteiger partial charge in [-0.15, -0.1) is 0 Å². The fourth-order valence-electron chi connectivity index (χ4n) is 1.92. The van der Waals surface area contributed by atoms with Crippen LogP contribution < -0.4 is 5.73 Å². The summed E-state index contributed by atoms with van der Waals surface area (Å²) >= 11 is 5.95. The zero-order valence-electron chi connectivity index (χ0n) is 10.4. The molecule has 1 aromatic carbocycles. The summed E-state index contributed by atoms with van der Waals surface area (Å²) in [5, 5.41) is 1.54.